The highest BCUT2D eigenvalue weighted by molar-refractivity contribution is 6.04. The molecule has 6 heteroatoms. The van der Waals surface area contributed by atoms with E-state index >= 15 is 0 Å². The fourth-order valence-electron chi connectivity index (χ4n) is 2.97. The average Bonchev–Trinajstić information content (AvgIpc) is 3.01. The molecule has 1 saturated heterocycles. The van der Waals surface area contributed by atoms with Crippen molar-refractivity contribution in [2.45, 2.75) is 25.7 Å². The molecule has 25 heavy (non-hydrogen) atoms. The van der Waals surface area contributed by atoms with Crippen LogP contribution < -0.4 is 10.6 Å². The highest BCUT2D eigenvalue weighted by atomic mass is 16.3. The monoisotopic (exact) mass is 341 g/mol. The predicted octanol–water partition coefficient (Wildman–Crippen LogP) is 3.35. The van der Waals surface area contributed by atoms with Crippen LogP contribution in [0.4, 0.5) is 11.4 Å². The van der Waals surface area contributed by atoms with E-state index in [4.69, 9.17) is 4.42 Å². The number of carbonyl (C=O) groups excluding carboxylic acids is 2. The molecule has 6 nitrogen and oxygen atoms in total. The molecule has 0 atom stereocenters. The van der Waals surface area contributed by atoms with E-state index in [0.29, 0.717) is 23.5 Å². The van der Waals surface area contributed by atoms with Crippen LogP contribution in [-0.4, -0.2) is 36.3 Å². The Balaban J connectivity index is 1.55. The third kappa shape index (κ3) is 5.19. The van der Waals surface area contributed by atoms with E-state index in [1.807, 2.05) is 6.07 Å². The van der Waals surface area contributed by atoms with Gasteiger partial charge in [0.25, 0.3) is 5.91 Å². The number of nitrogens with one attached hydrogen (secondary N) is 2. The van der Waals surface area contributed by atoms with Gasteiger partial charge in [-0.2, -0.15) is 0 Å². The van der Waals surface area contributed by atoms with Crippen molar-refractivity contribution in [1.82, 2.24) is 4.90 Å². The van der Waals surface area contributed by atoms with Crippen LogP contribution in [0.2, 0.25) is 0 Å². The van der Waals surface area contributed by atoms with E-state index in [0.717, 1.165) is 25.9 Å². The summed E-state index contributed by atoms with van der Waals surface area (Å²) >= 11 is 0. The van der Waals surface area contributed by atoms with E-state index in [1.54, 1.807) is 24.3 Å². The van der Waals surface area contributed by atoms with Crippen molar-refractivity contribution in [1.29, 1.82) is 0 Å². The number of anilines is 2. The molecule has 1 aliphatic rings. The summed E-state index contributed by atoms with van der Waals surface area (Å²) < 4.78 is 4.91. The summed E-state index contributed by atoms with van der Waals surface area (Å²) in [6.07, 6.45) is 7.65. The van der Waals surface area contributed by atoms with Crippen molar-refractivity contribution in [2.75, 3.05) is 30.3 Å². The summed E-state index contributed by atoms with van der Waals surface area (Å²) in [5.41, 5.74) is 1.75. The molecule has 2 aromatic rings. The maximum atomic E-state index is 12.3. The van der Waals surface area contributed by atoms with Crippen LogP contribution in [0.1, 0.15) is 36.0 Å². The molecule has 3 rings (SSSR count). The minimum absolute atomic E-state index is 0.0276. The lowest BCUT2D eigenvalue weighted by Crippen LogP contribution is -2.33. The van der Waals surface area contributed by atoms with Gasteiger partial charge in [-0.3, -0.25) is 14.5 Å². The van der Waals surface area contributed by atoms with Crippen molar-refractivity contribution < 1.29 is 14.0 Å². The quantitative estimate of drug-likeness (QED) is 0.874. The summed E-state index contributed by atoms with van der Waals surface area (Å²) in [5, 5.41) is 5.69. The summed E-state index contributed by atoms with van der Waals surface area (Å²) in [6.45, 7) is 2.37. The molecule has 0 aliphatic carbocycles. The van der Waals surface area contributed by atoms with Gasteiger partial charge in [0.1, 0.15) is 6.26 Å². The van der Waals surface area contributed by atoms with Crippen LogP contribution in [0.15, 0.2) is 47.3 Å². The Bertz CT molecular complexity index is 704. The number of benzene rings is 1. The Kier molecular flexibility index (Phi) is 5.85. The van der Waals surface area contributed by atoms with Crippen molar-refractivity contribution in [2.24, 2.45) is 0 Å². The zero-order valence-corrected chi connectivity index (χ0v) is 14.2. The standard InChI is InChI=1S/C19H23N3O3/c23-18(13-22-9-3-1-2-4-10-22)20-16-6-5-7-17(12-16)21-19(24)15-8-11-25-14-15/h5-8,11-12,14H,1-4,9-10,13H2,(H,20,23)(H,21,24). The molecule has 0 spiro atoms. The zero-order valence-electron chi connectivity index (χ0n) is 14.2. The molecule has 132 valence electrons. The molecule has 2 amide bonds. The SMILES string of the molecule is O=C(CN1CCCCCC1)Nc1cccc(NC(=O)c2ccoc2)c1. The number of hydrogen-bond donors (Lipinski definition) is 2. The Labute approximate surface area is 147 Å². The van der Waals surface area contributed by atoms with Crippen LogP contribution in [-0.2, 0) is 4.79 Å². The van der Waals surface area contributed by atoms with E-state index in [9.17, 15) is 9.59 Å². The highest BCUT2D eigenvalue weighted by Gasteiger charge is 2.13. The maximum absolute atomic E-state index is 12.3. The Hall–Kier alpha value is -2.60. The number of furan rings is 1. The first kappa shape index (κ1) is 17.2. The molecular formula is C19H23N3O3. The average molecular weight is 341 g/mol. The number of rotatable bonds is 5. The van der Waals surface area contributed by atoms with E-state index in [-0.39, 0.29) is 11.8 Å². The fraction of sp³-hybridized carbons (Fsp3) is 0.368. The van der Waals surface area contributed by atoms with Crippen molar-refractivity contribution in [3.63, 3.8) is 0 Å². The Morgan fingerprint density at radius 2 is 1.72 bits per heavy atom. The Morgan fingerprint density at radius 1 is 1.00 bits per heavy atom. The summed E-state index contributed by atoms with van der Waals surface area (Å²) in [5.74, 6) is -0.276. The smallest absolute Gasteiger partial charge is 0.258 e. The molecule has 0 bridgehead atoms. The summed E-state index contributed by atoms with van der Waals surface area (Å²) in [4.78, 5) is 26.5. The molecule has 2 heterocycles. The van der Waals surface area contributed by atoms with Gasteiger partial charge < -0.3 is 15.1 Å². The van der Waals surface area contributed by atoms with Gasteiger partial charge in [0, 0.05) is 11.4 Å². The van der Waals surface area contributed by atoms with Gasteiger partial charge in [-0.15, -0.1) is 0 Å². The summed E-state index contributed by atoms with van der Waals surface area (Å²) in [7, 11) is 0. The van der Waals surface area contributed by atoms with Crippen molar-refractivity contribution in [3.8, 4) is 0 Å². The van der Waals surface area contributed by atoms with Crippen molar-refractivity contribution >= 4 is 23.2 Å². The van der Waals surface area contributed by atoms with Crippen molar-refractivity contribution in [3.05, 3.63) is 48.4 Å². The third-order valence-corrected chi connectivity index (χ3v) is 4.25. The van der Waals surface area contributed by atoms with Crippen LogP contribution in [0.25, 0.3) is 0 Å². The van der Waals surface area contributed by atoms with E-state index in [2.05, 4.69) is 15.5 Å². The molecule has 1 aromatic heterocycles. The van der Waals surface area contributed by atoms with Crippen LogP contribution >= 0.6 is 0 Å². The number of nitrogens with zero attached hydrogens (tertiary/aromatic N) is 1. The topological polar surface area (TPSA) is 74.6 Å². The number of hydrogen-bond acceptors (Lipinski definition) is 4. The van der Waals surface area contributed by atoms with Gasteiger partial charge in [-0.25, -0.2) is 0 Å². The second-order valence-corrected chi connectivity index (χ2v) is 6.29. The van der Waals surface area contributed by atoms with E-state index < -0.39 is 0 Å². The third-order valence-electron chi connectivity index (χ3n) is 4.25. The molecule has 0 unspecified atom stereocenters. The minimum atomic E-state index is -0.248. The van der Waals surface area contributed by atoms with Gasteiger partial charge >= 0.3 is 0 Å². The molecule has 0 saturated carbocycles. The number of likely N-dealkylation sites (tertiary alicyclic amines) is 1. The maximum Gasteiger partial charge on any atom is 0.258 e. The lowest BCUT2D eigenvalue weighted by molar-refractivity contribution is -0.117. The molecule has 2 N–H and O–H groups in total. The zero-order chi connectivity index (χ0) is 17.5. The predicted molar refractivity (Wildman–Crippen MR) is 96.6 cm³/mol. The minimum Gasteiger partial charge on any atom is -0.472 e. The molecular weight excluding hydrogens is 318 g/mol. The van der Waals surface area contributed by atoms with Gasteiger partial charge in [-0.1, -0.05) is 18.9 Å². The van der Waals surface area contributed by atoms with Gasteiger partial charge in [0.15, 0.2) is 0 Å². The first-order valence-electron chi connectivity index (χ1n) is 8.66. The molecule has 1 aliphatic heterocycles. The molecule has 1 fully saturated rings. The van der Waals surface area contributed by atoms with Crippen LogP contribution in [0, 0.1) is 0 Å². The van der Waals surface area contributed by atoms with Gasteiger partial charge in [0.05, 0.1) is 18.4 Å². The lowest BCUT2D eigenvalue weighted by Gasteiger charge is -2.19. The normalized spacial score (nSPS) is 15.4. The first-order valence-corrected chi connectivity index (χ1v) is 8.66. The van der Waals surface area contributed by atoms with E-state index in [1.165, 1.54) is 25.4 Å². The molecule has 0 radical (unpaired) electrons. The Morgan fingerprint density at radius 3 is 2.40 bits per heavy atom. The second kappa shape index (κ2) is 8.48. The number of amides is 2. The largest absolute Gasteiger partial charge is 0.472 e. The lowest BCUT2D eigenvalue weighted by atomic mass is 10.2. The summed E-state index contributed by atoms with van der Waals surface area (Å²) in [6, 6.07) is 8.74. The molecule has 1 aromatic carbocycles. The number of carbonyl (C=O) groups is 2. The highest BCUT2D eigenvalue weighted by Crippen LogP contribution is 2.17. The second-order valence-electron chi connectivity index (χ2n) is 6.29. The van der Waals surface area contributed by atoms with Crippen LogP contribution in [0.3, 0.4) is 0 Å². The van der Waals surface area contributed by atoms with Gasteiger partial charge in [0.2, 0.25) is 5.91 Å². The first-order chi connectivity index (χ1) is 12.2. The fourth-order valence-corrected chi connectivity index (χ4v) is 2.97. The van der Waals surface area contributed by atoms with Crippen LogP contribution in [0.5, 0.6) is 0 Å². The van der Waals surface area contributed by atoms with Gasteiger partial charge in [-0.05, 0) is 50.2 Å².